The molecule has 0 aromatic heterocycles. The lowest BCUT2D eigenvalue weighted by Crippen LogP contribution is -2.47. The van der Waals surface area contributed by atoms with Gasteiger partial charge in [-0.25, -0.2) is 4.57 Å². The van der Waals surface area contributed by atoms with Gasteiger partial charge in [-0.1, -0.05) is 249 Å². The molecule has 9 nitrogen and oxygen atoms in total. The first-order valence-corrected chi connectivity index (χ1v) is 33.6. The number of phosphoric ester groups is 1. The van der Waals surface area contributed by atoms with Crippen molar-refractivity contribution in [3.8, 4) is 0 Å². The van der Waals surface area contributed by atoms with Gasteiger partial charge in [-0.2, -0.15) is 0 Å². The third kappa shape index (κ3) is 56.4. The third-order valence-electron chi connectivity index (χ3n) is 14.2. The summed E-state index contributed by atoms with van der Waals surface area (Å²) in [6, 6.07) is -0.854. The molecule has 444 valence electrons. The highest BCUT2D eigenvalue weighted by Crippen LogP contribution is 2.43. The number of quaternary nitrogens is 1. The average molecular weight is 1090 g/mol. The van der Waals surface area contributed by atoms with Crippen LogP contribution in [0.3, 0.4) is 0 Å². The summed E-state index contributed by atoms with van der Waals surface area (Å²) >= 11 is 0. The lowest BCUT2D eigenvalue weighted by Gasteiger charge is -2.27. The molecule has 0 radical (unpaired) electrons. The molecule has 0 heterocycles. The smallest absolute Gasteiger partial charge is 0.456 e. The molecule has 3 unspecified atom stereocenters. The van der Waals surface area contributed by atoms with Crippen LogP contribution in [-0.2, 0) is 27.9 Å². The van der Waals surface area contributed by atoms with Crippen molar-refractivity contribution < 1.29 is 37.3 Å². The van der Waals surface area contributed by atoms with Crippen molar-refractivity contribution in [2.24, 2.45) is 0 Å². The SMILES string of the molecule is CCCCC/C=C\C/C=C\CCCCCCCCCCCCCC(=O)OC(/C=C/CCCCCCCCCCCC)C(COP(=O)(O)OCC[N+](C)(C)C)NC(=O)CCCCCCCCC/C=C\C/C=C\CCCCC. The second kappa shape index (κ2) is 56.0. The van der Waals surface area contributed by atoms with Crippen molar-refractivity contribution >= 4 is 19.7 Å². The topological polar surface area (TPSA) is 111 Å². The van der Waals surface area contributed by atoms with Gasteiger partial charge >= 0.3 is 13.8 Å². The first-order chi connectivity index (χ1) is 36.9. The van der Waals surface area contributed by atoms with Gasteiger partial charge in [0.2, 0.25) is 5.91 Å². The number of carbonyl (C=O) groups excluding carboxylic acids is 2. The summed E-state index contributed by atoms with van der Waals surface area (Å²) in [7, 11) is 1.49. The van der Waals surface area contributed by atoms with Crippen molar-refractivity contribution in [3.05, 3.63) is 60.8 Å². The number of ether oxygens (including phenoxy) is 1. The Morgan fingerprint density at radius 3 is 1.21 bits per heavy atom. The number of rotatable bonds is 58. The van der Waals surface area contributed by atoms with Crippen LogP contribution in [0.25, 0.3) is 0 Å². The highest BCUT2D eigenvalue weighted by molar-refractivity contribution is 7.47. The zero-order chi connectivity index (χ0) is 55.7. The van der Waals surface area contributed by atoms with E-state index < -0.39 is 20.0 Å². The summed E-state index contributed by atoms with van der Waals surface area (Å²) in [4.78, 5) is 37.7. The molecule has 0 saturated carbocycles. The van der Waals surface area contributed by atoms with E-state index >= 15 is 0 Å². The maximum Gasteiger partial charge on any atom is 0.472 e. The highest BCUT2D eigenvalue weighted by Gasteiger charge is 2.30. The summed E-state index contributed by atoms with van der Waals surface area (Å²) in [6.07, 6.45) is 70.7. The quantitative estimate of drug-likeness (QED) is 0.0205. The fraction of sp³-hybridized carbons (Fsp3) is 0.818. The van der Waals surface area contributed by atoms with Crippen molar-refractivity contribution in [2.45, 2.75) is 309 Å². The van der Waals surface area contributed by atoms with E-state index in [1.54, 1.807) is 0 Å². The third-order valence-corrected chi connectivity index (χ3v) is 15.2. The van der Waals surface area contributed by atoms with Gasteiger partial charge in [0.15, 0.2) is 0 Å². The fourth-order valence-corrected chi connectivity index (χ4v) is 9.91. The van der Waals surface area contributed by atoms with Crippen molar-refractivity contribution in [1.82, 2.24) is 5.32 Å². The van der Waals surface area contributed by atoms with Crippen LogP contribution in [-0.4, -0.2) is 74.3 Å². The Labute approximate surface area is 471 Å². The van der Waals surface area contributed by atoms with Gasteiger partial charge in [-0.15, -0.1) is 0 Å². The van der Waals surface area contributed by atoms with Crippen LogP contribution in [0.5, 0.6) is 0 Å². The zero-order valence-electron chi connectivity index (χ0n) is 50.7. The molecule has 0 rings (SSSR count). The van der Waals surface area contributed by atoms with E-state index in [0.29, 0.717) is 17.4 Å². The molecular formula is C66H124N2O7P+. The Bertz CT molecular complexity index is 1490. The van der Waals surface area contributed by atoms with Crippen molar-refractivity contribution in [1.29, 1.82) is 0 Å². The minimum Gasteiger partial charge on any atom is -0.456 e. The normalized spacial score (nSPS) is 14.0. The second-order valence-electron chi connectivity index (χ2n) is 22.9. The minimum absolute atomic E-state index is 0.0376. The molecule has 76 heavy (non-hydrogen) atoms. The average Bonchev–Trinajstić information content (AvgIpc) is 3.38. The predicted octanol–water partition coefficient (Wildman–Crippen LogP) is 19.8. The Morgan fingerprint density at radius 2 is 0.803 bits per heavy atom. The number of hydrogen-bond donors (Lipinski definition) is 2. The van der Waals surface area contributed by atoms with Gasteiger partial charge < -0.3 is 19.4 Å². The molecule has 0 aromatic rings. The van der Waals surface area contributed by atoms with E-state index in [1.165, 1.54) is 180 Å². The largest absolute Gasteiger partial charge is 0.472 e. The van der Waals surface area contributed by atoms with Gasteiger partial charge in [0, 0.05) is 12.8 Å². The molecule has 0 spiro atoms. The van der Waals surface area contributed by atoms with E-state index in [1.807, 2.05) is 33.3 Å². The molecule has 0 aromatic carbocycles. The molecule has 0 aliphatic heterocycles. The summed E-state index contributed by atoms with van der Waals surface area (Å²) in [5.41, 5.74) is 0. The number of carbonyl (C=O) groups is 2. The first-order valence-electron chi connectivity index (χ1n) is 32.1. The van der Waals surface area contributed by atoms with E-state index in [4.69, 9.17) is 13.8 Å². The van der Waals surface area contributed by atoms with E-state index in [0.717, 1.165) is 83.5 Å². The van der Waals surface area contributed by atoms with Gasteiger partial charge in [0.25, 0.3) is 0 Å². The van der Waals surface area contributed by atoms with Crippen molar-refractivity contribution in [2.75, 3.05) is 40.9 Å². The standard InChI is InChI=1S/C66H123N2O7P/c1-7-10-13-16-19-22-25-28-30-32-33-34-35-37-39-41-44-47-50-53-56-59-66(70)75-64(57-54-51-48-45-42-27-24-21-18-15-12-9-3)63(62-74-76(71,72)73-61-60-68(4,5)6)67-65(69)58-55-52-49-46-43-40-38-36-31-29-26-23-20-17-14-11-8-2/h19-20,22-23,28-31,54,57,63-64H,7-18,21,24-27,32-53,55-56,58-62H2,1-6H3,(H-,67,69,71,72)/p+1/b22-19-,23-20-,30-28-,31-29-,57-54+. The van der Waals surface area contributed by atoms with Crippen LogP contribution in [0, 0.1) is 0 Å². The van der Waals surface area contributed by atoms with Crippen LogP contribution in [0.4, 0.5) is 0 Å². The number of amides is 1. The molecular weight excluding hydrogens is 964 g/mol. The number of phosphoric acid groups is 1. The molecule has 0 aliphatic carbocycles. The summed E-state index contributed by atoms with van der Waals surface area (Å²) in [5, 5.41) is 3.06. The Kier molecular flexibility index (Phi) is 54.3. The Balaban J connectivity index is 5.21. The van der Waals surface area contributed by atoms with Crippen LogP contribution < -0.4 is 5.32 Å². The summed E-state index contributed by atoms with van der Waals surface area (Å²) < 4.78 is 30.7. The summed E-state index contributed by atoms with van der Waals surface area (Å²) in [6.45, 7) is 6.98. The zero-order valence-corrected chi connectivity index (χ0v) is 51.6. The molecule has 10 heteroatoms. The molecule has 3 atom stereocenters. The van der Waals surface area contributed by atoms with E-state index in [-0.39, 0.29) is 31.5 Å². The van der Waals surface area contributed by atoms with Crippen LogP contribution in [0.15, 0.2) is 60.8 Å². The van der Waals surface area contributed by atoms with Crippen LogP contribution in [0.2, 0.25) is 0 Å². The van der Waals surface area contributed by atoms with Crippen LogP contribution >= 0.6 is 7.82 Å². The number of unbranched alkanes of at least 4 members (excludes halogenated alkanes) is 34. The number of hydrogen-bond acceptors (Lipinski definition) is 6. The van der Waals surface area contributed by atoms with E-state index in [2.05, 4.69) is 74.7 Å². The number of nitrogens with one attached hydrogen (secondary N) is 1. The highest BCUT2D eigenvalue weighted by atomic mass is 31.2. The predicted molar refractivity (Wildman–Crippen MR) is 328 cm³/mol. The number of allylic oxidation sites excluding steroid dienone is 9. The first kappa shape index (κ1) is 73.7. The Morgan fingerprint density at radius 1 is 0.461 bits per heavy atom. The minimum atomic E-state index is -4.45. The lowest BCUT2D eigenvalue weighted by atomic mass is 10.0. The lowest BCUT2D eigenvalue weighted by molar-refractivity contribution is -0.870. The number of nitrogens with zero attached hydrogens (tertiary/aromatic N) is 1. The number of likely N-dealkylation sites (N-methyl/N-ethyl adjacent to an activating group) is 1. The molecule has 2 N–H and O–H groups in total. The van der Waals surface area contributed by atoms with Gasteiger partial charge in [-0.05, 0) is 96.0 Å². The molecule has 0 saturated heterocycles. The van der Waals surface area contributed by atoms with Gasteiger partial charge in [0.1, 0.15) is 19.3 Å². The van der Waals surface area contributed by atoms with E-state index in [9.17, 15) is 19.0 Å². The second-order valence-corrected chi connectivity index (χ2v) is 24.4. The monoisotopic (exact) mass is 1090 g/mol. The maximum absolute atomic E-state index is 13.5. The maximum atomic E-state index is 13.5. The Hall–Kier alpha value is -2.29. The van der Waals surface area contributed by atoms with Gasteiger partial charge in [0.05, 0.1) is 33.8 Å². The molecule has 0 aliphatic rings. The van der Waals surface area contributed by atoms with Crippen LogP contribution in [0.1, 0.15) is 297 Å². The summed E-state index contributed by atoms with van der Waals surface area (Å²) in [5.74, 6) is -0.510. The van der Waals surface area contributed by atoms with Crippen molar-refractivity contribution in [3.63, 3.8) is 0 Å². The fourth-order valence-electron chi connectivity index (χ4n) is 9.18. The molecule has 0 fully saturated rings. The number of esters is 1. The molecule has 1 amide bonds. The van der Waals surface area contributed by atoms with Gasteiger partial charge in [-0.3, -0.25) is 18.6 Å². The molecule has 0 bridgehead atoms.